The number of nitrogens with two attached hydrogens (primary N) is 2. The zero-order valence-corrected chi connectivity index (χ0v) is 16.5. The summed E-state index contributed by atoms with van der Waals surface area (Å²) in [6.07, 6.45) is -8.80. The van der Waals surface area contributed by atoms with Crippen molar-refractivity contribution in [2.75, 3.05) is 6.61 Å². The molecule has 1 aliphatic heterocycles. The second-order valence-electron chi connectivity index (χ2n) is 7.04. The van der Waals surface area contributed by atoms with Gasteiger partial charge in [0.15, 0.2) is 12.1 Å². The second kappa shape index (κ2) is 10.6. The zero-order chi connectivity index (χ0) is 23.2. The fourth-order valence-corrected chi connectivity index (χ4v) is 3.15. The van der Waals surface area contributed by atoms with Gasteiger partial charge >= 0.3 is 17.8 Å². The molecule has 0 radical (unpaired) electrons. The van der Waals surface area contributed by atoms with E-state index in [2.05, 4.69) is 4.99 Å². The van der Waals surface area contributed by atoms with Crippen molar-refractivity contribution in [3.8, 4) is 0 Å². The first-order valence-electron chi connectivity index (χ1n) is 9.19. The smallest absolute Gasteiger partial charge is 0.372 e. The van der Waals surface area contributed by atoms with Gasteiger partial charge in [-0.15, -0.1) is 0 Å². The van der Waals surface area contributed by atoms with Crippen LogP contribution in [0.4, 0.5) is 8.78 Å². The molecule has 2 unspecified atom stereocenters. The van der Waals surface area contributed by atoms with E-state index in [0.29, 0.717) is 6.42 Å². The van der Waals surface area contributed by atoms with Gasteiger partial charge in [-0.25, -0.2) is 14.2 Å². The monoisotopic (exact) mass is 439 g/mol. The van der Waals surface area contributed by atoms with Gasteiger partial charge in [0.2, 0.25) is 0 Å². The van der Waals surface area contributed by atoms with E-state index >= 15 is 0 Å². The lowest BCUT2D eigenvalue weighted by atomic mass is 9.78. The van der Waals surface area contributed by atoms with Crippen molar-refractivity contribution in [1.29, 1.82) is 0 Å². The Bertz CT molecular complexity index is 675. The van der Waals surface area contributed by atoms with Crippen LogP contribution in [0.15, 0.2) is 4.99 Å². The van der Waals surface area contributed by atoms with Crippen molar-refractivity contribution in [3.63, 3.8) is 0 Å². The van der Waals surface area contributed by atoms with Gasteiger partial charge in [-0.2, -0.15) is 4.39 Å². The van der Waals surface area contributed by atoms with Crippen molar-refractivity contribution < 1.29 is 48.0 Å². The molecule has 30 heavy (non-hydrogen) atoms. The predicted octanol–water partition coefficient (Wildman–Crippen LogP) is -1.22. The molecule has 0 aromatic carbocycles. The Morgan fingerprint density at radius 1 is 1.30 bits per heavy atom. The number of carbonyl (C=O) groups excluding carboxylic acids is 2. The molecule has 0 spiro atoms. The van der Waals surface area contributed by atoms with Gasteiger partial charge < -0.3 is 41.1 Å². The van der Waals surface area contributed by atoms with E-state index in [-0.39, 0.29) is 6.42 Å². The predicted molar refractivity (Wildman–Crippen MR) is 97.5 cm³/mol. The van der Waals surface area contributed by atoms with Gasteiger partial charge in [0.25, 0.3) is 0 Å². The lowest BCUT2D eigenvalue weighted by Crippen LogP contribution is -2.65. The number of carboxylic acids is 1. The van der Waals surface area contributed by atoms with Crippen molar-refractivity contribution in [1.82, 2.24) is 0 Å². The van der Waals surface area contributed by atoms with E-state index < -0.39 is 79.0 Å². The third kappa shape index (κ3) is 6.06. The Morgan fingerprint density at radius 2 is 1.90 bits per heavy atom. The topological polar surface area (TPSA) is 195 Å². The number of esters is 1. The fourth-order valence-electron chi connectivity index (χ4n) is 3.15. The van der Waals surface area contributed by atoms with Crippen LogP contribution in [0.1, 0.15) is 33.1 Å². The highest BCUT2D eigenvalue weighted by Crippen LogP contribution is 2.41. The molecule has 0 bridgehead atoms. The van der Waals surface area contributed by atoms with E-state index in [1.165, 1.54) is 0 Å². The lowest BCUT2D eigenvalue weighted by Gasteiger charge is -2.45. The average Bonchev–Trinajstić information content (AvgIpc) is 2.64. The minimum atomic E-state index is -3.97. The number of hydrogen-bond acceptors (Lipinski definition) is 8. The maximum Gasteiger partial charge on any atom is 0.372 e. The van der Waals surface area contributed by atoms with Crippen LogP contribution in [0.25, 0.3) is 0 Å². The molecule has 0 aromatic rings. The molecule has 1 aliphatic rings. The summed E-state index contributed by atoms with van der Waals surface area (Å²) in [5, 5.41) is 29.7. The number of aliphatic carboxylic acids is 1. The number of carboxylic acid groups (broad SMARTS) is 1. The van der Waals surface area contributed by atoms with E-state index in [9.17, 15) is 33.4 Å². The Balaban J connectivity index is 3.27. The number of guanidine groups is 1. The Morgan fingerprint density at radius 3 is 2.37 bits per heavy atom. The van der Waals surface area contributed by atoms with E-state index in [0.717, 1.165) is 6.92 Å². The maximum absolute atomic E-state index is 14.9. The number of Topliss-reactive ketones (excluding diaryl/α,β-unsaturated/α-hetero) is 1. The summed E-state index contributed by atoms with van der Waals surface area (Å²) in [4.78, 5) is 37.9. The fraction of sp³-hybridized carbons (Fsp3) is 0.765. The number of halogens is 2. The van der Waals surface area contributed by atoms with Crippen LogP contribution in [0.2, 0.25) is 0 Å². The summed E-state index contributed by atoms with van der Waals surface area (Å²) >= 11 is 0. The van der Waals surface area contributed by atoms with Crippen LogP contribution in [-0.4, -0.2) is 82.0 Å². The molecule has 7 atom stereocenters. The summed E-state index contributed by atoms with van der Waals surface area (Å²) < 4.78 is 39.1. The number of nitrogens with zero attached hydrogens (tertiary/aromatic N) is 1. The molecule has 11 nitrogen and oxygen atoms in total. The molecule has 0 aliphatic carbocycles. The van der Waals surface area contributed by atoms with Crippen molar-refractivity contribution in [2.24, 2.45) is 22.4 Å². The molecule has 1 rings (SSSR count). The van der Waals surface area contributed by atoms with Crippen LogP contribution >= 0.6 is 0 Å². The minimum Gasteiger partial charge on any atom is -0.477 e. The minimum absolute atomic E-state index is 0.0401. The number of ether oxygens (including phenoxy) is 2. The van der Waals surface area contributed by atoms with Crippen molar-refractivity contribution in [3.05, 3.63) is 0 Å². The molecule has 1 fully saturated rings. The number of aliphatic hydroxyl groups excluding tert-OH is 2. The molecule has 7 N–H and O–H groups in total. The maximum atomic E-state index is 14.9. The Hall–Kier alpha value is -2.38. The normalized spacial score (nSPS) is 30.7. The quantitative estimate of drug-likeness (QED) is 0.156. The lowest BCUT2D eigenvalue weighted by molar-refractivity contribution is -0.284. The number of ketones is 1. The molecule has 1 heterocycles. The molecule has 172 valence electrons. The van der Waals surface area contributed by atoms with Gasteiger partial charge in [0.1, 0.15) is 24.6 Å². The highest BCUT2D eigenvalue weighted by atomic mass is 19.2. The van der Waals surface area contributed by atoms with Gasteiger partial charge in [-0.05, 0) is 13.3 Å². The summed E-state index contributed by atoms with van der Waals surface area (Å²) in [6, 6.07) is -1.91. The third-order valence-electron chi connectivity index (χ3n) is 4.54. The summed E-state index contributed by atoms with van der Waals surface area (Å²) in [7, 11) is 0. The standard InChI is InChI=1S/C17H27F2N3O8/c1-3-4-10(25)29-6-9(24)12(26)13-8(5-7(2)23)11(22-16(20)21)14(18)17(19,30-13)15(27)28/h8-9,11-14,24,26H,3-6H2,1-2H3,(H,27,28)(H4,20,21,22)/t8-,9-,11+,12-,13?,14?,17-/m1/s1. The number of carbonyl (C=O) groups is 3. The van der Waals surface area contributed by atoms with E-state index in [1.807, 2.05) is 0 Å². The molecular weight excluding hydrogens is 412 g/mol. The first kappa shape index (κ1) is 25.7. The zero-order valence-electron chi connectivity index (χ0n) is 16.5. The van der Waals surface area contributed by atoms with Crippen LogP contribution in [0.5, 0.6) is 0 Å². The summed E-state index contributed by atoms with van der Waals surface area (Å²) in [5.74, 6) is -9.70. The molecular formula is C17H27F2N3O8. The van der Waals surface area contributed by atoms with Crippen LogP contribution in [0.3, 0.4) is 0 Å². The number of aliphatic hydroxyl groups is 2. The molecule has 0 saturated carbocycles. The first-order chi connectivity index (χ1) is 13.8. The van der Waals surface area contributed by atoms with E-state index in [1.54, 1.807) is 6.92 Å². The first-order valence-corrected chi connectivity index (χ1v) is 9.19. The SMILES string of the molecule is CCCC(=O)OC[C@@H](O)[C@@H](O)C1O[C@@](F)(C(=O)O)C(F)[C@@H](N=C(N)N)[C@H]1CC(C)=O. The van der Waals surface area contributed by atoms with Crippen molar-refractivity contribution in [2.45, 2.75) is 69.5 Å². The average molecular weight is 439 g/mol. The van der Waals surface area contributed by atoms with Crippen LogP contribution in [0, 0.1) is 5.92 Å². The highest BCUT2D eigenvalue weighted by molar-refractivity contribution is 5.79. The van der Waals surface area contributed by atoms with Gasteiger partial charge in [0, 0.05) is 18.8 Å². The van der Waals surface area contributed by atoms with Crippen molar-refractivity contribution >= 4 is 23.7 Å². The number of alkyl halides is 2. The number of aliphatic imine (C=N–C) groups is 1. The Labute approximate surface area is 171 Å². The van der Waals surface area contributed by atoms with Gasteiger partial charge in [0.05, 0.1) is 12.1 Å². The molecule has 0 amide bonds. The number of hydrogen-bond donors (Lipinski definition) is 5. The summed E-state index contributed by atoms with van der Waals surface area (Å²) in [5.41, 5.74) is 10.5. The van der Waals surface area contributed by atoms with Gasteiger partial charge in [-0.1, -0.05) is 6.92 Å². The molecule has 1 saturated heterocycles. The largest absolute Gasteiger partial charge is 0.477 e. The third-order valence-corrected chi connectivity index (χ3v) is 4.54. The summed E-state index contributed by atoms with van der Waals surface area (Å²) in [6.45, 7) is 2.09. The number of rotatable bonds is 10. The molecule has 0 aromatic heterocycles. The Kier molecular flexibility index (Phi) is 9.06. The van der Waals surface area contributed by atoms with Gasteiger partial charge in [-0.3, -0.25) is 4.79 Å². The van der Waals surface area contributed by atoms with E-state index in [4.69, 9.17) is 26.0 Å². The molecule has 13 heteroatoms. The van der Waals surface area contributed by atoms with Crippen LogP contribution in [-0.2, 0) is 23.9 Å². The van der Waals surface area contributed by atoms with Crippen LogP contribution < -0.4 is 11.5 Å². The second-order valence-corrected chi connectivity index (χ2v) is 7.04. The highest BCUT2D eigenvalue weighted by Gasteiger charge is 2.63.